The summed E-state index contributed by atoms with van der Waals surface area (Å²) in [5, 5.41) is 0.419. The van der Waals surface area contributed by atoms with Crippen molar-refractivity contribution in [3.8, 4) is 0 Å². The smallest absolute Gasteiger partial charge is 0.332 e. The van der Waals surface area contributed by atoms with Crippen molar-refractivity contribution >= 4 is 23.4 Å². The molecule has 3 rings (SSSR count). The van der Waals surface area contributed by atoms with Crippen LogP contribution in [0.25, 0.3) is 0 Å². The molecule has 0 radical (unpaired) electrons. The maximum Gasteiger partial charge on any atom is 0.332 e. The summed E-state index contributed by atoms with van der Waals surface area (Å²) in [6.07, 6.45) is 3.14. The van der Waals surface area contributed by atoms with Crippen LogP contribution in [0.15, 0.2) is 63.5 Å². The number of nitrogens with two attached hydrogens (primary N) is 1. The summed E-state index contributed by atoms with van der Waals surface area (Å²) < 4.78 is 2.29. The third-order valence-electron chi connectivity index (χ3n) is 4.12. The minimum absolute atomic E-state index is 0.0588. The number of ketones is 1. The van der Waals surface area contributed by atoms with Crippen molar-refractivity contribution in [3.05, 3.63) is 80.8 Å². The van der Waals surface area contributed by atoms with E-state index in [1.165, 1.54) is 4.57 Å². The van der Waals surface area contributed by atoms with Gasteiger partial charge in [-0.25, -0.2) is 14.8 Å². The molecule has 2 heterocycles. The minimum Gasteiger partial charge on any atom is -0.384 e. The third kappa shape index (κ3) is 4.04. The number of hydrogen-bond acceptors (Lipinski definition) is 7. The van der Waals surface area contributed by atoms with Crippen LogP contribution >= 0.6 is 11.8 Å². The topological polar surface area (TPSA) is 113 Å². The van der Waals surface area contributed by atoms with E-state index >= 15 is 0 Å². The van der Waals surface area contributed by atoms with E-state index in [1.54, 1.807) is 25.4 Å². The van der Waals surface area contributed by atoms with Gasteiger partial charge in [-0.1, -0.05) is 42.1 Å². The number of nitrogen functional groups attached to an aromatic ring is 1. The van der Waals surface area contributed by atoms with Crippen molar-refractivity contribution in [2.75, 3.05) is 11.5 Å². The fourth-order valence-electron chi connectivity index (χ4n) is 2.74. The second kappa shape index (κ2) is 8.66. The zero-order chi connectivity index (χ0) is 20.1. The van der Waals surface area contributed by atoms with Gasteiger partial charge < -0.3 is 5.73 Å². The Hall–Kier alpha value is -3.20. The van der Waals surface area contributed by atoms with Crippen molar-refractivity contribution in [1.29, 1.82) is 0 Å². The molecule has 8 nitrogen and oxygen atoms in total. The number of carbonyl (C=O) groups excluding carboxylic acids is 1. The Balaban J connectivity index is 2.00. The molecule has 9 heteroatoms. The van der Waals surface area contributed by atoms with Crippen molar-refractivity contribution in [2.45, 2.75) is 25.2 Å². The van der Waals surface area contributed by atoms with Gasteiger partial charge in [0.15, 0.2) is 10.9 Å². The summed E-state index contributed by atoms with van der Waals surface area (Å²) >= 11 is 1.11. The van der Waals surface area contributed by atoms with Gasteiger partial charge in [-0.3, -0.25) is 18.7 Å². The first-order valence-corrected chi connectivity index (χ1v) is 9.61. The Kier molecular flexibility index (Phi) is 6.05. The number of aromatic nitrogens is 4. The Morgan fingerprint density at radius 1 is 1.07 bits per heavy atom. The summed E-state index contributed by atoms with van der Waals surface area (Å²) in [4.78, 5) is 46.3. The molecule has 0 unspecified atom stereocenters. The number of hydrogen-bond donors (Lipinski definition) is 1. The fraction of sp³-hybridized carbons (Fsp3) is 0.211. The SMILES string of the molecule is CCn1c(=O)c(C(=O)CSc2ncccn2)c(N)n(Cc2ccccc2)c1=O. The van der Waals surface area contributed by atoms with Crippen molar-refractivity contribution < 1.29 is 4.79 Å². The highest BCUT2D eigenvalue weighted by Crippen LogP contribution is 2.16. The van der Waals surface area contributed by atoms with Crippen molar-refractivity contribution in [1.82, 2.24) is 19.1 Å². The number of rotatable bonds is 7. The van der Waals surface area contributed by atoms with Gasteiger partial charge in [-0.05, 0) is 18.6 Å². The van der Waals surface area contributed by atoms with Crippen LogP contribution in [0.3, 0.4) is 0 Å². The average molecular weight is 397 g/mol. The molecule has 0 aliphatic heterocycles. The second-order valence-corrected chi connectivity index (χ2v) is 6.85. The number of nitrogens with zero attached hydrogens (tertiary/aromatic N) is 4. The lowest BCUT2D eigenvalue weighted by Crippen LogP contribution is -2.44. The van der Waals surface area contributed by atoms with Gasteiger partial charge in [0.05, 0.1) is 12.3 Å². The van der Waals surface area contributed by atoms with Gasteiger partial charge in [0, 0.05) is 18.9 Å². The van der Waals surface area contributed by atoms with Crippen LogP contribution < -0.4 is 17.0 Å². The minimum atomic E-state index is -0.672. The van der Waals surface area contributed by atoms with E-state index in [9.17, 15) is 14.4 Å². The zero-order valence-corrected chi connectivity index (χ0v) is 16.1. The Morgan fingerprint density at radius 3 is 2.39 bits per heavy atom. The average Bonchev–Trinajstić information content (AvgIpc) is 2.71. The van der Waals surface area contributed by atoms with Gasteiger partial charge in [-0.15, -0.1) is 0 Å². The molecular weight excluding hydrogens is 378 g/mol. The lowest BCUT2D eigenvalue weighted by atomic mass is 10.2. The maximum atomic E-state index is 12.8. The number of thioether (sulfide) groups is 1. The van der Waals surface area contributed by atoms with E-state index in [-0.39, 0.29) is 30.2 Å². The van der Waals surface area contributed by atoms with E-state index in [0.717, 1.165) is 21.9 Å². The number of carbonyl (C=O) groups is 1. The molecule has 1 aromatic carbocycles. The normalized spacial score (nSPS) is 10.8. The Bertz CT molecular complexity index is 1090. The van der Waals surface area contributed by atoms with Gasteiger partial charge >= 0.3 is 5.69 Å². The number of anilines is 1. The monoisotopic (exact) mass is 397 g/mol. The van der Waals surface area contributed by atoms with E-state index in [4.69, 9.17) is 5.73 Å². The molecule has 0 saturated heterocycles. The van der Waals surface area contributed by atoms with Crippen LogP contribution in [-0.4, -0.2) is 30.6 Å². The number of Topliss-reactive ketones (excluding diaryl/α,β-unsaturated/α-hetero) is 1. The van der Waals surface area contributed by atoms with E-state index in [0.29, 0.717) is 5.16 Å². The summed E-state index contributed by atoms with van der Waals surface area (Å²) in [5.74, 6) is -0.649. The van der Waals surface area contributed by atoms with Crippen LogP contribution in [0.1, 0.15) is 22.8 Å². The van der Waals surface area contributed by atoms with Gasteiger partial charge in [0.25, 0.3) is 5.56 Å². The molecule has 0 amide bonds. The zero-order valence-electron chi connectivity index (χ0n) is 15.2. The molecule has 0 spiro atoms. The molecule has 144 valence electrons. The van der Waals surface area contributed by atoms with Gasteiger partial charge in [0.2, 0.25) is 0 Å². The highest BCUT2D eigenvalue weighted by Gasteiger charge is 2.22. The predicted octanol–water partition coefficient (Wildman–Crippen LogP) is 1.43. The first-order valence-electron chi connectivity index (χ1n) is 8.63. The van der Waals surface area contributed by atoms with Crippen molar-refractivity contribution in [2.24, 2.45) is 0 Å². The van der Waals surface area contributed by atoms with E-state index < -0.39 is 17.0 Å². The van der Waals surface area contributed by atoms with Crippen LogP contribution in [-0.2, 0) is 13.1 Å². The molecule has 0 fully saturated rings. The third-order valence-corrected chi connectivity index (χ3v) is 5.00. The molecule has 2 aromatic heterocycles. The molecule has 3 aromatic rings. The van der Waals surface area contributed by atoms with Crippen LogP contribution in [0, 0.1) is 0 Å². The summed E-state index contributed by atoms with van der Waals surface area (Å²) in [5.41, 5.74) is 5.56. The van der Waals surface area contributed by atoms with Crippen LogP contribution in [0.4, 0.5) is 5.82 Å². The van der Waals surface area contributed by atoms with Crippen LogP contribution in [0.5, 0.6) is 0 Å². The highest BCUT2D eigenvalue weighted by atomic mass is 32.2. The summed E-state index contributed by atoms with van der Waals surface area (Å²) in [6.45, 7) is 1.98. The standard InChI is InChI=1S/C19H19N5O3S/c1-2-23-17(26)15(14(25)12-28-18-21-9-6-10-22-18)16(20)24(19(23)27)11-13-7-4-3-5-8-13/h3-10H,2,11-12,20H2,1H3. The molecule has 0 saturated carbocycles. The molecule has 2 N–H and O–H groups in total. The van der Waals surface area contributed by atoms with E-state index in [1.807, 2.05) is 30.3 Å². The Labute approximate surface area is 165 Å². The quantitative estimate of drug-likeness (QED) is 0.364. The molecule has 0 bridgehead atoms. The lowest BCUT2D eigenvalue weighted by Gasteiger charge is -2.15. The first kappa shape index (κ1) is 19.6. The molecule has 0 atom stereocenters. The maximum absolute atomic E-state index is 12.8. The lowest BCUT2D eigenvalue weighted by molar-refractivity contribution is 0.102. The largest absolute Gasteiger partial charge is 0.384 e. The predicted molar refractivity (Wildman–Crippen MR) is 108 cm³/mol. The highest BCUT2D eigenvalue weighted by molar-refractivity contribution is 7.99. The Morgan fingerprint density at radius 2 is 1.75 bits per heavy atom. The molecule has 28 heavy (non-hydrogen) atoms. The molecule has 0 aliphatic carbocycles. The van der Waals surface area contributed by atoms with E-state index in [2.05, 4.69) is 9.97 Å². The fourth-order valence-corrected chi connectivity index (χ4v) is 3.41. The first-order chi connectivity index (χ1) is 13.5. The summed E-state index contributed by atoms with van der Waals surface area (Å²) in [6, 6.07) is 10.9. The summed E-state index contributed by atoms with van der Waals surface area (Å²) in [7, 11) is 0. The second-order valence-electron chi connectivity index (χ2n) is 5.91. The van der Waals surface area contributed by atoms with Gasteiger partial charge in [0.1, 0.15) is 11.4 Å². The van der Waals surface area contributed by atoms with Gasteiger partial charge in [-0.2, -0.15) is 0 Å². The van der Waals surface area contributed by atoms with Crippen LogP contribution in [0.2, 0.25) is 0 Å². The number of benzene rings is 1. The molecular formula is C19H19N5O3S. The van der Waals surface area contributed by atoms with Crippen molar-refractivity contribution in [3.63, 3.8) is 0 Å². The molecule has 0 aliphatic rings.